The highest BCUT2D eigenvalue weighted by Gasteiger charge is 2.36. The van der Waals surface area contributed by atoms with Gasteiger partial charge in [-0.1, -0.05) is 0 Å². The van der Waals surface area contributed by atoms with Crippen LogP contribution in [-0.2, 0) is 4.74 Å². The van der Waals surface area contributed by atoms with Crippen LogP contribution in [0.2, 0.25) is 0 Å². The van der Waals surface area contributed by atoms with Crippen molar-refractivity contribution in [3.63, 3.8) is 0 Å². The quantitative estimate of drug-likeness (QED) is 0.714. The zero-order valence-electron chi connectivity index (χ0n) is 10.6. The summed E-state index contributed by atoms with van der Waals surface area (Å²) in [5, 5.41) is 12.4. The van der Waals surface area contributed by atoms with Crippen LogP contribution in [0.3, 0.4) is 0 Å². The minimum absolute atomic E-state index is 0.0864. The Balaban J connectivity index is 2.25. The van der Waals surface area contributed by atoms with Gasteiger partial charge in [-0.15, -0.1) is 0 Å². The number of nitrogens with two attached hydrogens (primary N) is 1. The standard InChI is InChI=1S/C13H18N2O3/c1-8-13(2,5-6-18-8)15-9-3-4-11(14)10(7-9)12(16)17/h3-4,7-8,15H,5-6,14H2,1-2H3,(H,16,17). The van der Waals surface area contributed by atoms with Gasteiger partial charge >= 0.3 is 5.97 Å². The number of carbonyl (C=O) groups is 1. The lowest BCUT2D eigenvalue weighted by atomic mass is 9.94. The average molecular weight is 250 g/mol. The minimum Gasteiger partial charge on any atom is -0.478 e. The number of nitrogen functional groups attached to an aromatic ring is 1. The summed E-state index contributed by atoms with van der Waals surface area (Å²) in [7, 11) is 0. The third-order valence-corrected chi connectivity index (χ3v) is 3.60. The second-order valence-corrected chi connectivity index (χ2v) is 4.91. The van der Waals surface area contributed by atoms with E-state index in [1.807, 2.05) is 6.92 Å². The zero-order valence-corrected chi connectivity index (χ0v) is 10.6. The van der Waals surface area contributed by atoms with E-state index in [-0.39, 0.29) is 22.9 Å². The monoisotopic (exact) mass is 250 g/mol. The summed E-state index contributed by atoms with van der Waals surface area (Å²) in [4.78, 5) is 11.0. The van der Waals surface area contributed by atoms with Gasteiger partial charge in [0, 0.05) is 18.0 Å². The molecule has 1 aromatic carbocycles. The Morgan fingerprint density at radius 3 is 2.89 bits per heavy atom. The molecule has 1 saturated heterocycles. The Labute approximate surface area is 106 Å². The maximum atomic E-state index is 11.0. The van der Waals surface area contributed by atoms with Gasteiger partial charge in [0.2, 0.25) is 0 Å². The van der Waals surface area contributed by atoms with E-state index in [1.54, 1.807) is 18.2 Å². The normalized spacial score (nSPS) is 27.1. The number of hydrogen-bond acceptors (Lipinski definition) is 4. The molecule has 1 aliphatic heterocycles. The molecule has 2 atom stereocenters. The van der Waals surface area contributed by atoms with Crippen LogP contribution in [0.25, 0.3) is 0 Å². The van der Waals surface area contributed by atoms with E-state index in [2.05, 4.69) is 12.2 Å². The Hall–Kier alpha value is -1.75. The molecule has 98 valence electrons. The van der Waals surface area contributed by atoms with Crippen LogP contribution in [0, 0.1) is 0 Å². The predicted molar refractivity (Wildman–Crippen MR) is 69.9 cm³/mol. The summed E-state index contributed by atoms with van der Waals surface area (Å²) in [6.07, 6.45) is 0.976. The van der Waals surface area contributed by atoms with Crippen LogP contribution in [-0.4, -0.2) is 29.3 Å². The molecule has 0 aliphatic carbocycles. The molecule has 0 amide bonds. The van der Waals surface area contributed by atoms with E-state index in [0.29, 0.717) is 6.61 Å². The molecular formula is C13H18N2O3. The van der Waals surface area contributed by atoms with E-state index in [1.165, 1.54) is 0 Å². The molecule has 1 aromatic rings. The molecule has 5 nitrogen and oxygen atoms in total. The van der Waals surface area contributed by atoms with Gasteiger partial charge < -0.3 is 20.9 Å². The lowest BCUT2D eigenvalue weighted by Gasteiger charge is -2.30. The zero-order chi connectivity index (χ0) is 13.3. The fraction of sp³-hybridized carbons (Fsp3) is 0.462. The molecule has 2 unspecified atom stereocenters. The molecule has 1 heterocycles. The van der Waals surface area contributed by atoms with Crippen LogP contribution < -0.4 is 11.1 Å². The highest BCUT2D eigenvalue weighted by atomic mass is 16.5. The molecule has 2 rings (SSSR count). The van der Waals surface area contributed by atoms with Crippen LogP contribution in [0.4, 0.5) is 11.4 Å². The van der Waals surface area contributed by atoms with Crippen LogP contribution in [0.1, 0.15) is 30.6 Å². The molecule has 0 radical (unpaired) electrons. The number of nitrogens with one attached hydrogen (secondary N) is 1. The molecule has 0 bridgehead atoms. The third kappa shape index (κ3) is 2.26. The number of rotatable bonds is 3. The summed E-state index contributed by atoms with van der Waals surface area (Å²) in [5.41, 5.74) is 6.59. The lowest BCUT2D eigenvalue weighted by Crippen LogP contribution is -2.41. The summed E-state index contributed by atoms with van der Waals surface area (Å²) in [5.74, 6) is -1.02. The van der Waals surface area contributed by atoms with Crippen molar-refractivity contribution in [3.05, 3.63) is 23.8 Å². The number of hydrogen-bond donors (Lipinski definition) is 3. The summed E-state index contributed by atoms with van der Waals surface area (Å²) in [6.45, 7) is 4.79. The van der Waals surface area contributed by atoms with E-state index in [9.17, 15) is 4.79 Å². The molecule has 1 fully saturated rings. The third-order valence-electron chi connectivity index (χ3n) is 3.60. The van der Waals surface area contributed by atoms with Crippen LogP contribution in [0.5, 0.6) is 0 Å². The number of carboxylic acid groups (broad SMARTS) is 1. The second kappa shape index (κ2) is 4.49. The molecule has 18 heavy (non-hydrogen) atoms. The van der Waals surface area contributed by atoms with Gasteiger partial charge in [-0.2, -0.15) is 0 Å². The Kier molecular flexibility index (Phi) is 3.17. The Morgan fingerprint density at radius 2 is 2.33 bits per heavy atom. The van der Waals surface area contributed by atoms with Crippen molar-refractivity contribution in [1.82, 2.24) is 0 Å². The number of aromatic carboxylic acids is 1. The minimum atomic E-state index is -1.02. The fourth-order valence-electron chi connectivity index (χ4n) is 2.15. The largest absolute Gasteiger partial charge is 0.478 e. The Bertz CT molecular complexity index is 475. The SMILES string of the molecule is CC1OCCC1(C)Nc1ccc(N)c(C(=O)O)c1. The fourth-order valence-corrected chi connectivity index (χ4v) is 2.15. The number of carboxylic acids is 1. The predicted octanol–water partition coefficient (Wildman–Crippen LogP) is 1.95. The van der Waals surface area contributed by atoms with Crippen molar-refractivity contribution in [2.75, 3.05) is 17.7 Å². The first-order chi connectivity index (χ1) is 8.42. The molecule has 0 spiro atoms. The first-order valence-corrected chi connectivity index (χ1v) is 5.95. The molecule has 0 aromatic heterocycles. The van der Waals surface area contributed by atoms with E-state index < -0.39 is 5.97 Å². The molecular weight excluding hydrogens is 232 g/mol. The van der Waals surface area contributed by atoms with Crippen molar-refractivity contribution in [2.24, 2.45) is 0 Å². The highest BCUT2D eigenvalue weighted by Crippen LogP contribution is 2.30. The summed E-state index contributed by atoms with van der Waals surface area (Å²) in [6, 6.07) is 4.96. The number of ether oxygens (including phenoxy) is 1. The smallest absolute Gasteiger partial charge is 0.337 e. The highest BCUT2D eigenvalue weighted by molar-refractivity contribution is 5.94. The second-order valence-electron chi connectivity index (χ2n) is 4.91. The van der Waals surface area contributed by atoms with Crippen molar-refractivity contribution < 1.29 is 14.6 Å². The molecule has 4 N–H and O–H groups in total. The first kappa shape index (κ1) is 12.7. The van der Waals surface area contributed by atoms with Crippen LogP contribution in [0.15, 0.2) is 18.2 Å². The van der Waals surface area contributed by atoms with Gasteiger partial charge in [-0.3, -0.25) is 0 Å². The van der Waals surface area contributed by atoms with Gasteiger partial charge in [-0.05, 0) is 38.5 Å². The molecule has 0 saturated carbocycles. The average Bonchev–Trinajstić information content (AvgIpc) is 2.62. The molecule has 1 aliphatic rings. The molecule has 5 heteroatoms. The van der Waals surface area contributed by atoms with Crippen molar-refractivity contribution in [1.29, 1.82) is 0 Å². The Morgan fingerprint density at radius 1 is 1.61 bits per heavy atom. The van der Waals surface area contributed by atoms with E-state index in [0.717, 1.165) is 12.1 Å². The summed E-state index contributed by atoms with van der Waals surface area (Å²) < 4.78 is 5.54. The van der Waals surface area contributed by atoms with E-state index >= 15 is 0 Å². The summed E-state index contributed by atoms with van der Waals surface area (Å²) >= 11 is 0. The van der Waals surface area contributed by atoms with Gasteiger partial charge in [0.25, 0.3) is 0 Å². The maximum Gasteiger partial charge on any atom is 0.337 e. The van der Waals surface area contributed by atoms with Crippen molar-refractivity contribution in [3.8, 4) is 0 Å². The van der Waals surface area contributed by atoms with Gasteiger partial charge in [0.1, 0.15) is 0 Å². The lowest BCUT2D eigenvalue weighted by molar-refractivity contribution is 0.0698. The van der Waals surface area contributed by atoms with Crippen LogP contribution >= 0.6 is 0 Å². The number of anilines is 2. The maximum absolute atomic E-state index is 11.0. The van der Waals surface area contributed by atoms with Gasteiger partial charge in [0.05, 0.1) is 17.2 Å². The van der Waals surface area contributed by atoms with Crippen molar-refractivity contribution in [2.45, 2.75) is 31.9 Å². The first-order valence-electron chi connectivity index (χ1n) is 5.95. The van der Waals surface area contributed by atoms with Gasteiger partial charge in [0.15, 0.2) is 0 Å². The van der Waals surface area contributed by atoms with Crippen molar-refractivity contribution >= 4 is 17.3 Å². The van der Waals surface area contributed by atoms with E-state index in [4.69, 9.17) is 15.6 Å². The number of benzene rings is 1. The van der Waals surface area contributed by atoms with Gasteiger partial charge in [-0.25, -0.2) is 4.79 Å². The topological polar surface area (TPSA) is 84.6 Å².